The SMILES string of the molecule is Cc1c(C)n(CCCN(C)C)c2ccc(C(=O)N3CCN(CCc4ccc(O)cc4)CC3)cc12. The number of carbonyl (C=O) groups is 1. The predicted molar refractivity (Wildman–Crippen MR) is 139 cm³/mol. The van der Waals surface area contributed by atoms with Crippen LogP contribution in [0.1, 0.15) is 33.6 Å². The number of nitrogens with zero attached hydrogens (tertiary/aromatic N) is 4. The van der Waals surface area contributed by atoms with Gasteiger partial charge in [0.15, 0.2) is 0 Å². The Morgan fingerprint density at radius 2 is 1.68 bits per heavy atom. The van der Waals surface area contributed by atoms with Crippen LogP contribution in [0, 0.1) is 13.8 Å². The smallest absolute Gasteiger partial charge is 0.253 e. The van der Waals surface area contributed by atoms with Crippen LogP contribution >= 0.6 is 0 Å². The van der Waals surface area contributed by atoms with Crippen molar-refractivity contribution in [1.82, 2.24) is 19.3 Å². The van der Waals surface area contributed by atoms with E-state index in [2.05, 4.69) is 54.4 Å². The molecule has 0 aliphatic carbocycles. The Morgan fingerprint density at radius 3 is 2.35 bits per heavy atom. The van der Waals surface area contributed by atoms with Gasteiger partial charge in [-0.1, -0.05) is 12.1 Å². The molecule has 34 heavy (non-hydrogen) atoms. The Labute approximate surface area is 203 Å². The van der Waals surface area contributed by atoms with Crippen molar-refractivity contribution in [3.8, 4) is 5.75 Å². The van der Waals surface area contributed by atoms with Crippen molar-refractivity contribution in [2.45, 2.75) is 33.2 Å². The second-order valence-electron chi connectivity index (χ2n) is 9.80. The molecule has 1 aliphatic rings. The van der Waals surface area contributed by atoms with Crippen LogP contribution in [0.5, 0.6) is 5.75 Å². The molecule has 4 rings (SSSR count). The number of carbonyl (C=O) groups excluding carboxylic acids is 1. The lowest BCUT2D eigenvalue weighted by Crippen LogP contribution is -2.49. The van der Waals surface area contributed by atoms with Gasteiger partial charge in [0.1, 0.15) is 5.75 Å². The molecule has 0 spiro atoms. The van der Waals surface area contributed by atoms with Crippen molar-refractivity contribution < 1.29 is 9.90 Å². The third-order valence-corrected chi connectivity index (χ3v) is 7.19. The molecule has 1 fully saturated rings. The quantitative estimate of drug-likeness (QED) is 0.551. The molecule has 1 saturated heterocycles. The molecule has 1 aromatic heterocycles. The summed E-state index contributed by atoms with van der Waals surface area (Å²) in [5, 5.41) is 10.6. The molecule has 2 aromatic carbocycles. The van der Waals surface area contributed by atoms with Gasteiger partial charge in [0, 0.05) is 61.4 Å². The summed E-state index contributed by atoms with van der Waals surface area (Å²) in [7, 11) is 4.22. The Hall–Kier alpha value is -2.83. The largest absolute Gasteiger partial charge is 0.508 e. The number of amides is 1. The van der Waals surface area contributed by atoms with E-state index >= 15 is 0 Å². The number of hydrogen-bond acceptors (Lipinski definition) is 4. The summed E-state index contributed by atoms with van der Waals surface area (Å²) in [5.41, 5.74) is 5.81. The number of hydrogen-bond donors (Lipinski definition) is 1. The fraction of sp³-hybridized carbons (Fsp3) is 0.464. The molecular formula is C28H38N4O2. The first kappa shape index (κ1) is 24.3. The van der Waals surface area contributed by atoms with Gasteiger partial charge in [-0.25, -0.2) is 0 Å². The molecule has 3 aromatic rings. The highest BCUT2D eigenvalue weighted by atomic mass is 16.3. The minimum Gasteiger partial charge on any atom is -0.508 e. The zero-order valence-electron chi connectivity index (χ0n) is 21.0. The molecule has 0 unspecified atom stereocenters. The number of aromatic hydroxyl groups is 1. The molecule has 1 N–H and O–H groups in total. The highest BCUT2D eigenvalue weighted by Gasteiger charge is 2.23. The summed E-state index contributed by atoms with van der Waals surface area (Å²) in [5.74, 6) is 0.442. The van der Waals surface area contributed by atoms with Gasteiger partial charge in [-0.3, -0.25) is 9.69 Å². The predicted octanol–water partition coefficient (Wildman–Crippen LogP) is 3.92. The first-order chi connectivity index (χ1) is 16.3. The summed E-state index contributed by atoms with van der Waals surface area (Å²) in [6.45, 7) is 10.7. The number of aromatic nitrogens is 1. The molecule has 0 atom stereocenters. The van der Waals surface area contributed by atoms with E-state index in [4.69, 9.17) is 0 Å². The van der Waals surface area contributed by atoms with Crippen LogP contribution in [0.25, 0.3) is 10.9 Å². The van der Waals surface area contributed by atoms with Crippen molar-refractivity contribution in [2.24, 2.45) is 0 Å². The maximum Gasteiger partial charge on any atom is 0.253 e. The summed E-state index contributed by atoms with van der Waals surface area (Å²) in [6, 6.07) is 13.7. The fourth-order valence-corrected chi connectivity index (χ4v) is 4.92. The number of rotatable bonds is 8. The van der Waals surface area contributed by atoms with Crippen LogP contribution in [0.15, 0.2) is 42.5 Å². The molecule has 6 nitrogen and oxygen atoms in total. The van der Waals surface area contributed by atoms with Crippen LogP contribution in [0.2, 0.25) is 0 Å². The van der Waals surface area contributed by atoms with Crippen LogP contribution in [0.4, 0.5) is 0 Å². The van der Waals surface area contributed by atoms with Crippen LogP contribution < -0.4 is 0 Å². The lowest BCUT2D eigenvalue weighted by molar-refractivity contribution is 0.0638. The van der Waals surface area contributed by atoms with Gasteiger partial charge in [-0.15, -0.1) is 0 Å². The zero-order chi connectivity index (χ0) is 24.2. The maximum absolute atomic E-state index is 13.3. The molecule has 0 bridgehead atoms. The molecule has 2 heterocycles. The minimum atomic E-state index is 0.137. The number of benzene rings is 2. The first-order valence-corrected chi connectivity index (χ1v) is 12.4. The van der Waals surface area contributed by atoms with Crippen molar-refractivity contribution in [1.29, 1.82) is 0 Å². The van der Waals surface area contributed by atoms with Gasteiger partial charge in [-0.2, -0.15) is 0 Å². The van der Waals surface area contributed by atoms with E-state index in [1.807, 2.05) is 23.1 Å². The summed E-state index contributed by atoms with van der Waals surface area (Å²) < 4.78 is 2.40. The summed E-state index contributed by atoms with van der Waals surface area (Å²) in [4.78, 5) is 19.9. The van der Waals surface area contributed by atoms with Crippen molar-refractivity contribution >= 4 is 16.8 Å². The van der Waals surface area contributed by atoms with Crippen LogP contribution in [0.3, 0.4) is 0 Å². The maximum atomic E-state index is 13.3. The van der Waals surface area contributed by atoms with Crippen molar-refractivity contribution in [2.75, 3.05) is 53.4 Å². The van der Waals surface area contributed by atoms with E-state index in [9.17, 15) is 9.90 Å². The van der Waals surface area contributed by atoms with E-state index in [0.29, 0.717) is 5.75 Å². The lowest BCUT2D eigenvalue weighted by Gasteiger charge is -2.34. The van der Waals surface area contributed by atoms with E-state index in [1.54, 1.807) is 12.1 Å². The highest BCUT2D eigenvalue weighted by Crippen LogP contribution is 2.27. The Balaban J connectivity index is 1.37. The highest BCUT2D eigenvalue weighted by molar-refractivity contribution is 5.99. The van der Waals surface area contributed by atoms with Gasteiger partial charge < -0.3 is 19.5 Å². The fourth-order valence-electron chi connectivity index (χ4n) is 4.92. The van der Waals surface area contributed by atoms with E-state index in [1.165, 1.54) is 27.7 Å². The molecule has 182 valence electrons. The number of aryl methyl sites for hydroxylation is 2. The zero-order valence-corrected chi connectivity index (χ0v) is 21.0. The number of phenolic OH excluding ortho intramolecular Hbond substituents is 1. The van der Waals surface area contributed by atoms with Crippen molar-refractivity contribution in [3.63, 3.8) is 0 Å². The lowest BCUT2D eigenvalue weighted by atomic mass is 10.1. The Kier molecular flexibility index (Phi) is 7.59. The topological polar surface area (TPSA) is 52.0 Å². The number of phenols is 1. The standard InChI is InChI=1S/C28H38N4O2/c1-21-22(2)32(14-5-13-29(3)4)27-11-8-24(20-26(21)27)28(34)31-18-16-30(17-19-31)15-12-23-6-9-25(33)10-7-23/h6-11,20,33H,5,12-19H2,1-4H3. The summed E-state index contributed by atoms with van der Waals surface area (Å²) >= 11 is 0. The Morgan fingerprint density at radius 1 is 0.971 bits per heavy atom. The second kappa shape index (κ2) is 10.6. The van der Waals surface area contributed by atoms with E-state index < -0.39 is 0 Å². The second-order valence-corrected chi connectivity index (χ2v) is 9.80. The molecule has 6 heteroatoms. The van der Waals surface area contributed by atoms with Crippen LogP contribution in [-0.4, -0.2) is 83.6 Å². The number of fused-ring (bicyclic) bond motifs is 1. The van der Waals surface area contributed by atoms with E-state index in [0.717, 1.165) is 64.2 Å². The monoisotopic (exact) mass is 462 g/mol. The molecule has 1 aliphatic heterocycles. The van der Waals surface area contributed by atoms with Crippen LogP contribution in [-0.2, 0) is 13.0 Å². The average molecular weight is 463 g/mol. The Bertz CT molecular complexity index is 1130. The van der Waals surface area contributed by atoms with Crippen molar-refractivity contribution in [3.05, 3.63) is 64.8 Å². The van der Waals surface area contributed by atoms with Gasteiger partial charge >= 0.3 is 0 Å². The molecule has 1 amide bonds. The molecular weight excluding hydrogens is 424 g/mol. The van der Waals surface area contributed by atoms with Gasteiger partial charge in [0.05, 0.1) is 0 Å². The third kappa shape index (κ3) is 5.45. The molecule has 0 radical (unpaired) electrons. The van der Waals surface area contributed by atoms with E-state index in [-0.39, 0.29) is 5.91 Å². The number of piperazine rings is 1. The van der Waals surface area contributed by atoms with Gasteiger partial charge in [-0.05, 0) is 88.8 Å². The minimum absolute atomic E-state index is 0.137. The normalized spacial score (nSPS) is 14.9. The first-order valence-electron chi connectivity index (χ1n) is 12.4. The van der Waals surface area contributed by atoms with Gasteiger partial charge in [0.2, 0.25) is 0 Å². The summed E-state index contributed by atoms with van der Waals surface area (Å²) in [6.07, 6.45) is 2.06. The third-order valence-electron chi connectivity index (χ3n) is 7.19. The van der Waals surface area contributed by atoms with Gasteiger partial charge in [0.25, 0.3) is 5.91 Å². The molecule has 0 saturated carbocycles. The average Bonchev–Trinajstić information content (AvgIpc) is 3.07.